The van der Waals surface area contributed by atoms with Crippen LogP contribution in [0.2, 0.25) is 0 Å². The largest absolute Gasteiger partial charge is 0.475 e. The van der Waals surface area contributed by atoms with E-state index in [0.29, 0.717) is 17.0 Å². The summed E-state index contributed by atoms with van der Waals surface area (Å²) in [5.74, 6) is 0.450. The Morgan fingerprint density at radius 3 is 2.22 bits per heavy atom. The number of unbranched alkanes of at least 4 members (excludes halogenated alkanes) is 11. The molecule has 2 atom stereocenters. The van der Waals surface area contributed by atoms with Crippen molar-refractivity contribution in [1.82, 2.24) is 8.75 Å². The van der Waals surface area contributed by atoms with Crippen LogP contribution in [-0.2, 0) is 9.53 Å². The summed E-state index contributed by atoms with van der Waals surface area (Å²) in [6.45, 7) is 10.8. The van der Waals surface area contributed by atoms with Crippen LogP contribution in [0.25, 0.3) is 5.57 Å². The highest BCUT2D eigenvalue weighted by atomic mass is 32.1. The van der Waals surface area contributed by atoms with Gasteiger partial charge >= 0.3 is 5.97 Å². The summed E-state index contributed by atoms with van der Waals surface area (Å²) in [4.78, 5) is 12.7. The van der Waals surface area contributed by atoms with E-state index in [1.54, 1.807) is 0 Å². The quantitative estimate of drug-likeness (QED) is 0.0955. The lowest BCUT2D eigenvalue weighted by Gasteiger charge is -2.43. The lowest BCUT2D eigenvalue weighted by molar-refractivity contribution is -0.947. The molecule has 1 aromatic rings. The van der Waals surface area contributed by atoms with E-state index in [1.807, 2.05) is 13.8 Å². The highest BCUT2D eigenvalue weighted by molar-refractivity contribution is 6.99. The van der Waals surface area contributed by atoms with E-state index < -0.39 is 0 Å². The Morgan fingerprint density at radius 2 is 1.57 bits per heavy atom. The third kappa shape index (κ3) is 11.4. The van der Waals surface area contributed by atoms with Crippen LogP contribution >= 0.6 is 11.7 Å². The molecule has 37 heavy (non-hydrogen) atoms. The molecule has 0 fully saturated rings. The molecule has 0 N–H and O–H groups in total. The Hall–Kier alpha value is -1.47. The first kappa shape index (κ1) is 31.7. The molecule has 0 saturated carbocycles. The van der Waals surface area contributed by atoms with Crippen LogP contribution in [0.4, 0.5) is 0 Å². The lowest BCUT2D eigenvalue weighted by Crippen LogP contribution is -2.56. The van der Waals surface area contributed by atoms with Crippen molar-refractivity contribution in [2.45, 2.75) is 130 Å². The molecule has 212 valence electrons. The van der Waals surface area contributed by atoms with E-state index in [9.17, 15) is 4.79 Å². The number of rotatable bonds is 20. The second kappa shape index (κ2) is 17.9. The minimum Gasteiger partial charge on any atom is -0.475 e. The van der Waals surface area contributed by atoms with E-state index in [1.165, 1.54) is 87.9 Å². The SMILES string of the molecule is CCCCCCCCCCCC(OC(=O)C(C)C)[N+]1(C)CCC=C(c2nsnc2OCCCCCC)C1. The van der Waals surface area contributed by atoms with E-state index in [-0.39, 0.29) is 18.1 Å². The van der Waals surface area contributed by atoms with Gasteiger partial charge in [-0.2, -0.15) is 4.37 Å². The first-order valence-corrected chi connectivity index (χ1v) is 15.8. The van der Waals surface area contributed by atoms with Crippen LogP contribution in [0.3, 0.4) is 0 Å². The van der Waals surface area contributed by atoms with Crippen molar-refractivity contribution in [3.8, 4) is 5.88 Å². The zero-order valence-electron chi connectivity index (χ0n) is 24.4. The van der Waals surface area contributed by atoms with Crippen LogP contribution in [0.1, 0.15) is 130 Å². The first-order valence-electron chi connectivity index (χ1n) is 15.1. The maximum absolute atomic E-state index is 12.7. The molecule has 6 nitrogen and oxygen atoms in total. The van der Waals surface area contributed by atoms with Gasteiger partial charge in [-0.05, 0) is 12.8 Å². The second-order valence-electron chi connectivity index (χ2n) is 11.4. The van der Waals surface area contributed by atoms with Crippen LogP contribution < -0.4 is 4.74 Å². The molecule has 0 bridgehead atoms. The number of ether oxygens (including phenoxy) is 2. The Morgan fingerprint density at radius 1 is 0.946 bits per heavy atom. The van der Waals surface area contributed by atoms with Gasteiger partial charge in [0.1, 0.15) is 12.2 Å². The molecule has 0 saturated heterocycles. The van der Waals surface area contributed by atoms with Gasteiger partial charge in [0.05, 0.1) is 37.8 Å². The summed E-state index contributed by atoms with van der Waals surface area (Å²) in [6, 6.07) is 0. The molecule has 2 heterocycles. The molecule has 1 aliphatic heterocycles. The minimum atomic E-state index is -0.131. The molecular formula is C30H54N3O3S+. The topological polar surface area (TPSA) is 61.3 Å². The van der Waals surface area contributed by atoms with Crippen molar-refractivity contribution in [2.75, 3.05) is 26.7 Å². The number of carbonyl (C=O) groups excluding carboxylic acids is 1. The Bertz CT molecular complexity index is 795. The third-order valence-electron chi connectivity index (χ3n) is 7.53. The summed E-state index contributed by atoms with van der Waals surface area (Å²) in [5.41, 5.74) is 2.05. The van der Waals surface area contributed by atoms with Crippen molar-refractivity contribution in [3.05, 3.63) is 11.8 Å². The van der Waals surface area contributed by atoms with Gasteiger partial charge in [-0.15, -0.1) is 4.37 Å². The van der Waals surface area contributed by atoms with Gasteiger partial charge in [0, 0.05) is 18.4 Å². The van der Waals surface area contributed by atoms with Crippen molar-refractivity contribution >= 4 is 23.3 Å². The van der Waals surface area contributed by atoms with Gasteiger partial charge in [-0.25, -0.2) is 0 Å². The predicted molar refractivity (Wildman–Crippen MR) is 155 cm³/mol. The molecule has 0 aromatic carbocycles. The van der Waals surface area contributed by atoms with E-state index in [2.05, 4.69) is 35.7 Å². The fourth-order valence-electron chi connectivity index (χ4n) is 5.05. The van der Waals surface area contributed by atoms with E-state index >= 15 is 0 Å². The average molecular weight is 537 g/mol. The number of nitrogens with zero attached hydrogens (tertiary/aromatic N) is 3. The van der Waals surface area contributed by atoms with Gasteiger partial charge in [0.15, 0.2) is 0 Å². The van der Waals surface area contributed by atoms with Crippen molar-refractivity contribution in [3.63, 3.8) is 0 Å². The van der Waals surface area contributed by atoms with Crippen LogP contribution in [0.15, 0.2) is 6.08 Å². The molecular weight excluding hydrogens is 482 g/mol. The summed E-state index contributed by atoms with van der Waals surface area (Å²) in [5, 5.41) is 0. The fraction of sp³-hybridized carbons (Fsp3) is 0.833. The average Bonchev–Trinajstić information content (AvgIpc) is 3.35. The van der Waals surface area contributed by atoms with Gasteiger partial charge in [-0.1, -0.05) is 104 Å². The summed E-state index contributed by atoms with van der Waals surface area (Å²) >= 11 is 1.22. The maximum Gasteiger partial charge on any atom is 0.312 e. The van der Waals surface area contributed by atoms with Gasteiger partial charge in [-0.3, -0.25) is 9.28 Å². The Labute approximate surface area is 231 Å². The summed E-state index contributed by atoms with van der Waals surface area (Å²) in [6.07, 6.45) is 20.3. The smallest absolute Gasteiger partial charge is 0.312 e. The monoisotopic (exact) mass is 536 g/mol. The maximum atomic E-state index is 12.7. The van der Waals surface area contributed by atoms with Gasteiger partial charge in [0.2, 0.25) is 6.23 Å². The number of hydrogen-bond donors (Lipinski definition) is 0. The normalized spacial score (nSPS) is 18.6. The molecule has 0 amide bonds. The zero-order valence-corrected chi connectivity index (χ0v) is 25.3. The number of hydrogen-bond acceptors (Lipinski definition) is 6. The number of esters is 1. The lowest BCUT2D eigenvalue weighted by atomic mass is 10.0. The number of quaternary nitrogens is 1. The van der Waals surface area contributed by atoms with Gasteiger partial charge < -0.3 is 9.47 Å². The zero-order chi connectivity index (χ0) is 26.9. The van der Waals surface area contributed by atoms with Crippen LogP contribution in [0.5, 0.6) is 5.88 Å². The van der Waals surface area contributed by atoms with Crippen molar-refractivity contribution < 1.29 is 18.8 Å². The minimum absolute atomic E-state index is 0.0946. The second-order valence-corrected chi connectivity index (χ2v) is 11.9. The molecule has 0 aliphatic carbocycles. The first-order chi connectivity index (χ1) is 17.9. The number of aromatic nitrogens is 2. The third-order valence-corrected chi connectivity index (χ3v) is 8.05. The standard InChI is InChI=1S/C30H54N3O3S/c1-6-8-10-12-13-14-15-16-17-21-27(36-30(34)25(3)4)33(5)22-19-20-26(24-33)28-29(32-37-31-28)35-23-18-11-9-7-2/h20,25,27H,6-19,21-24H2,1-5H3/q+1. The Kier molecular flexibility index (Phi) is 15.4. The van der Waals surface area contributed by atoms with Crippen LogP contribution in [-0.4, -0.2) is 52.2 Å². The summed E-state index contributed by atoms with van der Waals surface area (Å²) in [7, 11) is 2.24. The predicted octanol–water partition coefficient (Wildman–Crippen LogP) is 8.18. The van der Waals surface area contributed by atoms with E-state index in [4.69, 9.17) is 9.47 Å². The summed E-state index contributed by atoms with van der Waals surface area (Å²) < 4.78 is 22.0. The fourth-order valence-corrected chi connectivity index (χ4v) is 5.58. The number of likely N-dealkylation sites (N-methyl/N-ethyl adjacent to an activating group) is 1. The molecule has 0 radical (unpaired) electrons. The van der Waals surface area contributed by atoms with E-state index in [0.717, 1.165) is 44.5 Å². The van der Waals surface area contributed by atoms with Gasteiger partial charge in [0.25, 0.3) is 5.88 Å². The Balaban J connectivity index is 1.96. The number of carbonyl (C=O) groups is 1. The molecule has 2 unspecified atom stereocenters. The molecule has 1 aliphatic rings. The highest BCUT2D eigenvalue weighted by Gasteiger charge is 2.39. The molecule has 1 aromatic heterocycles. The van der Waals surface area contributed by atoms with Crippen molar-refractivity contribution in [2.24, 2.45) is 5.92 Å². The van der Waals surface area contributed by atoms with Crippen molar-refractivity contribution in [1.29, 1.82) is 0 Å². The van der Waals surface area contributed by atoms with Crippen LogP contribution in [0, 0.1) is 5.92 Å². The highest BCUT2D eigenvalue weighted by Crippen LogP contribution is 2.33. The molecule has 2 rings (SSSR count). The molecule has 0 spiro atoms. The molecule has 7 heteroatoms.